The van der Waals surface area contributed by atoms with E-state index in [0.717, 1.165) is 5.56 Å². The molecule has 2 atom stereocenters. The lowest BCUT2D eigenvalue weighted by Crippen LogP contribution is -2.48. The lowest BCUT2D eigenvalue weighted by molar-refractivity contribution is -0.131. The summed E-state index contributed by atoms with van der Waals surface area (Å²) < 4.78 is 0. The topological polar surface area (TPSA) is 75.4 Å². The first-order valence-electron chi connectivity index (χ1n) is 7.67. The summed E-state index contributed by atoms with van der Waals surface area (Å²) in [5, 5.41) is 2.90. The van der Waals surface area contributed by atoms with Gasteiger partial charge in [-0.25, -0.2) is 0 Å². The first kappa shape index (κ1) is 16.5. The average molecular weight is 303 g/mol. The van der Waals surface area contributed by atoms with Crippen molar-refractivity contribution >= 4 is 11.8 Å². The number of nitrogens with one attached hydrogen (secondary N) is 1. The van der Waals surface area contributed by atoms with Crippen molar-refractivity contribution in [1.29, 1.82) is 0 Å². The Morgan fingerprint density at radius 2 is 2.00 bits per heavy atom. The summed E-state index contributed by atoms with van der Waals surface area (Å²) >= 11 is 0. The number of carbonyl (C=O) groups is 2. The molecule has 1 aromatic carbocycles. The molecular weight excluding hydrogens is 278 g/mol. The van der Waals surface area contributed by atoms with Crippen LogP contribution in [0.4, 0.5) is 0 Å². The highest BCUT2D eigenvalue weighted by atomic mass is 16.2. The van der Waals surface area contributed by atoms with E-state index in [9.17, 15) is 9.59 Å². The van der Waals surface area contributed by atoms with Gasteiger partial charge < -0.3 is 16.0 Å². The van der Waals surface area contributed by atoms with Crippen LogP contribution in [0.25, 0.3) is 0 Å². The summed E-state index contributed by atoms with van der Waals surface area (Å²) in [6, 6.07) is 8.94. The lowest BCUT2D eigenvalue weighted by Gasteiger charge is -2.32. The monoisotopic (exact) mass is 303 g/mol. The Kier molecular flexibility index (Phi) is 4.86. The Labute approximate surface area is 131 Å². The minimum atomic E-state index is -0.596. The molecule has 1 heterocycles. The molecule has 0 saturated carbocycles. The van der Waals surface area contributed by atoms with Gasteiger partial charge in [-0.2, -0.15) is 0 Å². The fourth-order valence-electron chi connectivity index (χ4n) is 2.72. The zero-order chi connectivity index (χ0) is 16.3. The molecule has 5 nitrogen and oxygen atoms in total. The van der Waals surface area contributed by atoms with E-state index < -0.39 is 6.04 Å². The van der Waals surface area contributed by atoms with Crippen LogP contribution >= 0.6 is 0 Å². The summed E-state index contributed by atoms with van der Waals surface area (Å²) in [4.78, 5) is 26.0. The molecular formula is C17H25N3O2. The van der Waals surface area contributed by atoms with Gasteiger partial charge in [-0.1, -0.05) is 30.3 Å². The van der Waals surface area contributed by atoms with Crippen LogP contribution in [0.15, 0.2) is 30.3 Å². The molecule has 5 heteroatoms. The summed E-state index contributed by atoms with van der Waals surface area (Å²) in [5.74, 6) is -0.119. The van der Waals surface area contributed by atoms with Gasteiger partial charge in [-0.3, -0.25) is 9.59 Å². The third-order valence-electron chi connectivity index (χ3n) is 3.92. The van der Waals surface area contributed by atoms with Gasteiger partial charge in [0.15, 0.2) is 0 Å². The van der Waals surface area contributed by atoms with Crippen molar-refractivity contribution in [3.8, 4) is 0 Å². The maximum atomic E-state index is 12.2. The highest BCUT2D eigenvalue weighted by molar-refractivity contribution is 5.85. The van der Waals surface area contributed by atoms with E-state index in [4.69, 9.17) is 5.73 Å². The van der Waals surface area contributed by atoms with Crippen molar-refractivity contribution in [1.82, 2.24) is 10.2 Å². The Morgan fingerprint density at radius 3 is 2.55 bits per heavy atom. The second-order valence-electron chi connectivity index (χ2n) is 6.88. The maximum Gasteiger partial charge on any atom is 0.237 e. The predicted molar refractivity (Wildman–Crippen MR) is 86.1 cm³/mol. The summed E-state index contributed by atoms with van der Waals surface area (Å²) in [6.45, 7) is 6.54. The molecule has 1 unspecified atom stereocenters. The molecule has 2 rings (SSSR count). The molecule has 22 heavy (non-hydrogen) atoms. The van der Waals surface area contributed by atoms with Crippen LogP contribution in [0.5, 0.6) is 0 Å². The van der Waals surface area contributed by atoms with Crippen LogP contribution in [-0.4, -0.2) is 40.9 Å². The fourth-order valence-corrected chi connectivity index (χ4v) is 2.72. The first-order valence-corrected chi connectivity index (χ1v) is 7.67. The van der Waals surface area contributed by atoms with Crippen LogP contribution in [0.1, 0.15) is 32.8 Å². The van der Waals surface area contributed by atoms with Crippen molar-refractivity contribution in [2.45, 2.75) is 51.2 Å². The van der Waals surface area contributed by atoms with E-state index in [-0.39, 0.29) is 23.4 Å². The van der Waals surface area contributed by atoms with Crippen LogP contribution in [0.2, 0.25) is 0 Å². The lowest BCUT2D eigenvalue weighted by atomic mass is 10.1. The molecule has 1 saturated heterocycles. The number of benzene rings is 1. The maximum absolute atomic E-state index is 12.2. The van der Waals surface area contributed by atoms with Crippen molar-refractivity contribution in [3.63, 3.8) is 0 Å². The fraction of sp³-hybridized carbons (Fsp3) is 0.529. The molecule has 1 fully saturated rings. The molecule has 0 aromatic heterocycles. The van der Waals surface area contributed by atoms with Gasteiger partial charge in [-0.05, 0) is 32.8 Å². The number of hydrogen-bond acceptors (Lipinski definition) is 3. The Hall–Kier alpha value is -1.88. The molecule has 0 bridgehead atoms. The van der Waals surface area contributed by atoms with E-state index >= 15 is 0 Å². The average Bonchev–Trinajstić information content (AvgIpc) is 2.80. The standard InChI is InChI=1S/C17H25N3O2/c1-17(2,3)20-11-13(10-15(20)21)19-16(22)14(18)9-12-7-5-4-6-8-12/h4-8,13-14H,9-11,18H2,1-3H3,(H,19,22)/t13?,14-/m0/s1. The minimum absolute atomic E-state index is 0.0782. The Balaban J connectivity index is 1.89. The van der Waals surface area contributed by atoms with Crippen LogP contribution < -0.4 is 11.1 Å². The van der Waals surface area contributed by atoms with Gasteiger partial charge in [0.2, 0.25) is 11.8 Å². The van der Waals surface area contributed by atoms with Gasteiger partial charge >= 0.3 is 0 Å². The van der Waals surface area contributed by atoms with Crippen molar-refractivity contribution in [3.05, 3.63) is 35.9 Å². The molecule has 0 spiro atoms. The summed E-state index contributed by atoms with van der Waals surface area (Å²) in [5.41, 5.74) is 6.78. The number of hydrogen-bond donors (Lipinski definition) is 2. The summed E-state index contributed by atoms with van der Waals surface area (Å²) in [7, 11) is 0. The van der Waals surface area contributed by atoms with E-state index in [0.29, 0.717) is 19.4 Å². The van der Waals surface area contributed by atoms with Gasteiger partial charge in [0, 0.05) is 18.5 Å². The van der Waals surface area contributed by atoms with Crippen LogP contribution in [-0.2, 0) is 16.0 Å². The minimum Gasteiger partial charge on any atom is -0.350 e. The highest BCUT2D eigenvalue weighted by Crippen LogP contribution is 2.21. The van der Waals surface area contributed by atoms with E-state index in [1.54, 1.807) is 4.90 Å². The van der Waals surface area contributed by atoms with Gasteiger partial charge in [0.1, 0.15) is 0 Å². The van der Waals surface area contributed by atoms with E-state index in [2.05, 4.69) is 5.32 Å². The number of likely N-dealkylation sites (tertiary alicyclic amines) is 1. The highest BCUT2D eigenvalue weighted by Gasteiger charge is 2.37. The molecule has 0 aliphatic carbocycles. The molecule has 1 aromatic rings. The SMILES string of the molecule is CC(C)(C)N1CC(NC(=O)[C@@H](N)Cc2ccccc2)CC1=O. The van der Waals surface area contributed by atoms with Gasteiger partial charge in [0.25, 0.3) is 0 Å². The number of nitrogens with zero attached hydrogens (tertiary/aromatic N) is 1. The van der Waals surface area contributed by atoms with Crippen LogP contribution in [0, 0.1) is 0 Å². The Bertz CT molecular complexity index is 537. The molecule has 0 radical (unpaired) electrons. The first-order chi connectivity index (χ1) is 10.3. The number of rotatable bonds is 4. The molecule has 120 valence electrons. The number of amides is 2. The molecule has 1 aliphatic rings. The van der Waals surface area contributed by atoms with Crippen molar-refractivity contribution in [2.24, 2.45) is 5.73 Å². The third-order valence-corrected chi connectivity index (χ3v) is 3.92. The largest absolute Gasteiger partial charge is 0.350 e. The van der Waals surface area contributed by atoms with E-state index in [1.807, 2.05) is 51.1 Å². The van der Waals surface area contributed by atoms with E-state index in [1.165, 1.54) is 0 Å². The number of carbonyl (C=O) groups excluding carboxylic acids is 2. The zero-order valence-corrected chi connectivity index (χ0v) is 13.5. The second kappa shape index (κ2) is 6.48. The Morgan fingerprint density at radius 1 is 1.36 bits per heavy atom. The predicted octanol–water partition coefficient (Wildman–Crippen LogP) is 1.07. The second-order valence-corrected chi connectivity index (χ2v) is 6.88. The zero-order valence-electron chi connectivity index (χ0n) is 13.5. The van der Waals surface area contributed by atoms with Crippen molar-refractivity contribution < 1.29 is 9.59 Å². The number of nitrogens with two attached hydrogens (primary N) is 1. The molecule has 3 N–H and O–H groups in total. The van der Waals surface area contributed by atoms with Crippen LogP contribution in [0.3, 0.4) is 0 Å². The van der Waals surface area contributed by atoms with Gasteiger partial charge in [0.05, 0.1) is 12.1 Å². The molecule has 1 aliphatic heterocycles. The summed E-state index contributed by atoms with van der Waals surface area (Å²) in [6.07, 6.45) is 0.845. The van der Waals surface area contributed by atoms with Gasteiger partial charge in [-0.15, -0.1) is 0 Å². The third kappa shape index (κ3) is 4.07. The smallest absolute Gasteiger partial charge is 0.237 e. The normalized spacial score (nSPS) is 20.1. The molecule has 2 amide bonds. The quantitative estimate of drug-likeness (QED) is 0.873. The van der Waals surface area contributed by atoms with Crippen molar-refractivity contribution in [2.75, 3.05) is 6.54 Å².